The molecule has 2 heterocycles. The van der Waals surface area contributed by atoms with Crippen LogP contribution in [0.25, 0.3) is 76.4 Å². The highest BCUT2D eigenvalue weighted by atomic mass is 16.3. The van der Waals surface area contributed by atoms with Crippen molar-refractivity contribution in [2.75, 3.05) is 9.80 Å². The van der Waals surface area contributed by atoms with Crippen LogP contribution < -0.4 is 9.80 Å². The van der Waals surface area contributed by atoms with Crippen molar-refractivity contribution in [3.05, 3.63) is 218 Å². The van der Waals surface area contributed by atoms with Crippen LogP contribution in [0, 0.1) is 0 Å². The number of hydrogen-bond donors (Lipinski definition) is 1. The van der Waals surface area contributed by atoms with Crippen LogP contribution in [0.5, 0.6) is 0 Å². The fourth-order valence-electron chi connectivity index (χ4n) is 9.04. The van der Waals surface area contributed by atoms with Gasteiger partial charge < -0.3 is 19.2 Å². The third kappa shape index (κ3) is 5.69. The summed E-state index contributed by atoms with van der Waals surface area (Å²) in [4.78, 5) is 8.45. The third-order valence-electron chi connectivity index (χ3n) is 11.9. The number of nitrogens with zero attached hydrogens (tertiary/aromatic N) is 2. The molecule has 0 aliphatic rings. The summed E-state index contributed by atoms with van der Waals surface area (Å²) in [6, 6.07) is 78.1. The molecule has 2 aromatic heterocycles. The quantitative estimate of drug-likeness (QED) is 0.175. The van der Waals surface area contributed by atoms with Gasteiger partial charge in [-0.3, -0.25) is 0 Å². The number of aromatic nitrogens is 1. The lowest BCUT2D eigenvalue weighted by atomic mass is 10.0. The van der Waals surface area contributed by atoms with Gasteiger partial charge in [-0.2, -0.15) is 0 Å². The number of H-pyrrole nitrogens is 1. The molecule has 0 spiro atoms. The Morgan fingerprint density at radius 1 is 0.317 bits per heavy atom. The lowest BCUT2D eigenvalue weighted by Gasteiger charge is -2.26. The maximum absolute atomic E-state index is 6.69. The molecule has 0 fully saturated rings. The highest BCUT2D eigenvalue weighted by Crippen LogP contribution is 2.43. The first kappa shape index (κ1) is 34.0. The fourth-order valence-corrected chi connectivity index (χ4v) is 9.04. The predicted molar refractivity (Wildman–Crippen MR) is 253 cm³/mol. The van der Waals surface area contributed by atoms with E-state index in [0.717, 1.165) is 78.2 Å². The molecule has 1 N–H and O–H groups in total. The Hall–Kier alpha value is -8.08. The van der Waals surface area contributed by atoms with Gasteiger partial charge in [-0.05, 0) is 118 Å². The van der Waals surface area contributed by atoms with Gasteiger partial charge in [0.1, 0.15) is 11.2 Å². The second kappa shape index (κ2) is 13.8. The number of hydrogen-bond acceptors (Lipinski definition) is 3. The highest BCUT2D eigenvalue weighted by Gasteiger charge is 2.19. The van der Waals surface area contributed by atoms with Crippen LogP contribution in [0.1, 0.15) is 0 Å². The molecule has 10 aromatic carbocycles. The van der Waals surface area contributed by atoms with Gasteiger partial charge in [0.15, 0.2) is 0 Å². The second-order valence-corrected chi connectivity index (χ2v) is 15.5. The number of aromatic amines is 1. The second-order valence-electron chi connectivity index (χ2n) is 15.5. The van der Waals surface area contributed by atoms with E-state index >= 15 is 0 Å². The Morgan fingerprint density at radius 3 is 1.50 bits per heavy atom. The maximum atomic E-state index is 6.69. The van der Waals surface area contributed by atoms with Gasteiger partial charge in [0.2, 0.25) is 0 Å². The van der Waals surface area contributed by atoms with E-state index in [-0.39, 0.29) is 0 Å². The fraction of sp³-hybridized carbons (Fsp3) is 0. The van der Waals surface area contributed by atoms with E-state index < -0.39 is 0 Å². The molecule has 0 unspecified atom stereocenters. The number of para-hydroxylation sites is 3. The molecule has 282 valence electrons. The Balaban J connectivity index is 0.958. The molecule has 0 saturated carbocycles. The first-order valence-corrected chi connectivity index (χ1v) is 20.4. The van der Waals surface area contributed by atoms with Gasteiger partial charge in [-0.1, -0.05) is 121 Å². The lowest BCUT2D eigenvalue weighted by molar-refractivity contribution is 0.669. The van der Waals surface area contributed by atoms with Gasteiger partial charge >= 0.3 is 0 Å². The van der Waals surface area contributed by atoms with Gasteiger partial charge in [0.05, 0.1) is 5.52 Å². The highest BCUT2D eigenvalue weighted by molar-refractivity contribution is 6.14. The first-order valence-electron chi connectivity index (χ1n) is 20.4. The van der Waals surface area contributed by atoms with E-state index in [9.17, 15) is 0 Å². The van der Waals surface area contributed by atoms with Crippen LogP contribution in [0.4, 0.5) is 34.1 Å². The van der Waals surface area contributed by atoms with Crippen LogP contribution in [-0.2, 0) is 0 Å². The summed E-state index contributed by atoms with van der Waals surface area (Å²) in [6.45, 7) is 0. The van der Waals surface area contributed by atoms with E-state index in [1.807, 2.05) is 0 Å². The average molecular weight is 768 g/mol. The third-order valence-corrected chi connectivity index (χ3v) is 11.9. The van der Waals surface area contributed by atoms with Gasteiger partial charge in [-0.15, -0.1) is 0 Å². The van der Waals surface area contributed by atoms with E-state index in [4.69, 9.17) is 4.42 Å². The minimum Gasteiger partial charge on any atom is -0.456 e. The van der Waals surface area contributed by atoms with Gasteiger partial charge in [0, 0.05) is 72.8 Å². The number of furan rings is 1. The molecular weight excluding hydrogens is 731 g/mol. The van der Waals surface area contributed by atoms with Crippen molar-refractivity contribution in [2.45, 2.75) is 0 Å². The predicted octanol–water partition coefficient (Wildman–Crippen LogP) is 16.1. The number of fused-ring (bicyclic) bond motifs is 8. The summed E-state index contributed by atoms with van der Waals surface area (Å²) in [5, 5.41) is 9.42. The zero-order valence-corrected chi connectivity index (χ0v) is 32.6. The van der Waals surface area contributed by atoms with Crippen molar-refractivity contribution in [3.8, 4) is 11.1 Å². The van der Waals surface area contributed by atoms with E-state index in [2.05, 4.69) is 233 Å². The van der Waals surface area contributed by atoms with Crippen molar-refractivity contribution in [1.29, 1.82) is 0 Å². The number of nitrogens with one attached hydrogen (secondary N) is 1. The normalized spacial score (nSPS) is 11.7. The summed E-state index contributed by atoms with van der Waals surface area (Å²) in [7, 11) is 0. The molecule has 4 heteroatoms. The monoisotopic (exact) mass is 767 g/mol. The summed E-state index contributed by atoms with van der Waals surface area (Å²) >= 11 is 0. The van der Waals surface area contributed by atoms with Crippen LogP contribution in [0.3, 0.4) is 0 Å². The van der Waals surface area contributed by atoms with Crippen molar-refractivity contribution in [3.63, 3.8) is 0 Å². The van der Waals surface area contributed by atoms with E-state index in [1.54, 1.807) is 0 Å². The molecule has 12 aromatic rings. The lowest BCUT2D eigenvalue weighted by Crippen LogP contribution is -2.09. The Labute approximate surface area is 346 Å². The topological polar surface area (TPSA) is 35.4 Å². The van der Waals surface area contributed by atoms with Crippen molar-refractivity contribution >= 4 is 99.4 Å². The average Bonchev–Trinajstić information content (AvgIpc) is 3.87. The Kier molecular flexibility index (Phi) is 7.82. The molecule has 0 bridgehead atoms. The number of benzene rings is 10. The largest absolute Gasteiger partial charge is 0.456 e. The van der Waals surface area contributed by atoms with E-state index in [1.165, 1.54) is 32.3 Å². The summed E-state index contributed by atoms with van der Waals surface area (Å²) < 4.78 is 6.69. The Morgan fingerprint density at radius 2 is 0.833 bits per heavy atom. The van der Waals surface area contributed by atoms with Crippen molar-refractivity contribution in [1.82, 2.24) is 4.98 Å². The molecule has 12 rings (SSSR count). The molecule has 0 radical (unpaired) electrons. The number of rotatable bonds is 7. The van der Waals surface area contributed by atoms with Crippen LogP contribution in [0.15, 0.2) is 223 Å². The smallest absolute Gasteiger partial charge is 0.137 e. The van der Waals surface area contributed by atoms with Crippen LogP contribution >= 0.6 is 0 Å². The summed E-state index contributed by atoms with van der Waals surface area (Å²) in [5.41, 5.74) is 12.7. The van der Waals surface area contributed by atoms with E-state index in [0.29, 0.717) is 0 Å². The minimum atomic E-state index is 0.857. The summed E-state index contributed by atoms with van der Waals surface area (Å²) in [6.07, 6.45) is 0. The van der Waals surface area contributed by atoms with Gasteiger partial charge in [0.25, 0.3) is 0 Å². The Bertz CT molecular complexity index is 3450. The molecule has 0 saturated heterocycles. The molecule has 0 atom stereocenters. The molecular formula is C56H37N3O. The zero-order chi connectivity index (χ0) is 39.6. The zero-order valence-electron chi connectivity index (χ0n) is 32.6. The number of anilines is 6. The first-order chi connectivity index (χ1) is 29.7. The minimum absolute atomic E-state index is 0.857. The van der Waals surface area contributed by atoms with Crippen molar-refractivity contribution in [2.24, 2.45) is 0 Å². The summed E-state index contributed by atoms with van der Waals surface area (Å²) in [5.74, 6) is 0. The standard InChI is InChI=1S/C56H37N3O/c1-3-16-42(17-4-1)58(43-18-5-2-6-19-43)47-27-30-50-49-29-24-41(34-54(49)60-55(50)36-47)48-20-11-21-51-52-35-46(28-31-53(52)57-56(48)51)59(44-25-22-37-12-7-9-14-39(37)32-44)45-26-23-38-13-8-10-15-40(38)33-45/h1-36,57H. The van der Waals surface area contributed by atoms with Crippen LogP contribution in [-0.4, -0.2) is 4.98 Å². The van der Waals surface area contributed by atoms with Crippen LogP contribution in [0.2, 0.25) is 0 Å². The molecule has 60 heavy (non-hydrogen) atoms. The maximum Gasteiger partial charge on any atom is 0.137 e. The van der Waals surface area contributed by atoms with Crippen molar-refractivity contribution < 1.29 is 4.42 Å². The van der Waals surface area contributed by atoms with Gasteiger partial charge in [-0.25, -0.2) is 0 Å². The molecule has 4 nitrogen and oxygen atoms in total. The molecule has 0 aliphatic heterocycles. The SMILES string of the molecule is c1ccc(N(c2ccccc2)c2ccc3c(c2)oc2cc(-c4cccc5c4[nH]c4ccc(N(c6ccc7ccccc7c6)c6ccc7ccccc7c6)cc45)ccc23)cc1. The molecule has 0 aliphatic carbocycles. The molecule has 0 amide bonds.